The summed E-state index contributed by atoms with van der Waals surface area (Å²) in [4.78, 5) is 12.1. The number of benzene rings is 1. The van der Waals surface area contributed by atoms with Crippen LogP contribution in [0.4, 0.5) is 0 Å². The number of ketones is 1. The Balaban J connectivity index is 3.35. The van der Waals surface area contributed by atoms with Crippen molar-refractivity contribution in [2.45, 2.75) is 17.2 Å². The molecular weight excluding hydrogens is 230 g/mol. The minimum Gasteiger partial charge on any atom is -0.298 e. The van der Waals surface area contributed by atoms with Gasteiger partial charge < -0.3 is 0 Å². The van der Waals surface area contributed by atoms with E-state index in [1.165, 1.54) is 18.7 Å². The summed E-state index contributed by atoms with van der Waals surface area (Å²) >= 11 is 7.48. The van der Waals surface area contributed by atoms with Crippen molar-refractivity contribution in [1.29, 1.82) is 5.26 Å². The van der Waals surface area contributed by atoms with Gasteiger partial charge in [-0.3, -0.25) is 4.79 Å². The number of alkyl halides is 1. The Kier molecular flexibility index (Phi) is 4.19. The van der Waals surface area contributed by atoms with Gasteiger partial charge in [0.2, 0.25) is 0 Å². The lowest BCUT2D eigenvalue weighted by Gasteiger charge is -2.12. The van der Waals surface area contributed by atoms with Crippen LogP contribution in [0.2, 0.25) is 0 Å². The number of thioether (sulfide) groups is 1. The SMILES string of the molecule is CSc1cccc(C#N)c1C(Cl)C(C)=O. The van der Waals surface area contributed by atoms with Gasteiger partial charge in [-0.2, -0.15) is 5.26 Å². The van der Waals surface area contributed by atoms with Crippen molar-refractivity contribution in [2.24, 2.45) is 0 Å². The normalized spacial score (nSPS) is 11.9. The average molecular weight is 240 g/mol. The molecule has 1 rings (SSSR count). The topological polar surface area (TPSA) is 40.9 Å². The van der Waals surface area contributed by atoms with E-state index < -0.39 is 5.38 Å². The van der Waals surface area contributed by atoms with E-state index in [1.54, 1.807) is 12.1 Å². The van der Waals surface area contributed by atoms with Crippen LogP contribution in [0.3, 0.4) is 0 Å². The molecule has 0 fully saturated rings. The number of nitriles is 1. The monoisotopic (exact) mass is 239 g/mol. The summed E-state index contributed by atoms with van der Waals surface area (Å²) in [6.07, 6.45) is 1.89. The molecule has 15 heavy (non-hydrogen) atoms. The standard InChI is InChI=1S/C11H10ClNOS/c1-7(14)11(12)10-8(6-13)4-3-5-9(10)15-2/h3-5,11H,1-2H3. The van der Waals surface area contributed by atoms with Gasteiger partial charge in [-0.1, -0.05) is 6.07 Å². The zero-order valence-electron chi connectivity index (χ0n) is 8.45. The molecule has 0 aliphatic heterocycles. The van der Waals surface area contributed by atoms with Crippen molar-refractivity contribution in [3.63, 3.8) is 0 Å². The Bertz CT molecular complexity index is 425. The van der Waals surface area contributed by atoms with Crippen molar-refractivity contribution in [2.75, 3.05) is 6.26 Å². The zero-order chi connectivity index (χ0) is 11.4. The molecule has 2 nitrogen and oxygen atoms in total. The van der Waals surface area contributed by atoms with Crippen molar-refractivity contribution in [1.82, 2.24) is 0 Å². The molecule has 0 saturated heterocycles. The fourth-order valence-electron chi connectivity index (χ4n) is 1.28. The molecule has 0 heterocycles. The number of nitrogens with zero attached hydrogens (tertiary/aromatic N) is 1. The molecule has 0 aliphatic rings. The van der Waals surface area contributed by atoms with Gasteiger partial charge >= 0.3 is 0 Å². The van der Waals surface area contributed by atoms with Crippen molar-refractivity contribution in [3.8, 4) is 6.07 Å². The molecule has 1 aromatic rings. The Morgan fingerprint density at radius 3 is 2.73 bits per heavy atom. The smallest absolute Gasteiger partial charge is 0.152 e. The molecule has 1 atom stereocenters. The minimum atomic E-state index is -0.733. The molecule has 0 amide bonds. The molecule has 0 bridgehead atoms. The van der Waals surface area contributed by atoms with Gasteiger partial charge in [-0.15, -0.1) is 23.4 Å². The van der Waals surface area contributed by atoms with Crippen molar-refractivity contribution in [3.05, 3.63) is 29.3 Å². The van der Waals surface area contributed by atoms with Crippen LogP contribution >= 0.6 is 23.4 Å². The first-order valence-electron chi connectivity index (χ1n) is 4.33. The molecule has 0 aliphatic carbocycles. The number of rotatable bonds is 3. The molecule has 1 aromatic carbocycles. The number of hydrogen-bond acceptors (Lipinski definition) is 3. The summed E-state index contributed by atoms with van der Waals surface area (Å²) in [6, 6.07) is 7.38. The second kappa shape index (κ2) is 5.20. The van der Waals surface area contributed by atoms with Gasteiger partial charge in [0.1, 0.15) is 5.38 Å². The molecule has 0 saturated carbocycles. The third-order valence-electron chi connectivity index (χ3n) is 2.02. The maximum atomic E-state index is 11.2. The number of carbonyl (C=O) groups excluding carboxylic acids is 1. The van der Waals surface area contributed by atoms with Gasteiger partial charge in [0, 0.05) is 10.5 Å². The first-order chi connectivity index (χ1) is 7.11. The van der Waals surface area contributed by atoms with E-state index in [2.05, 4.69) is 6.07 Å². The van der Waals surface area contributed by atoms with E-state index in [4.69, 9.17) is 16.9 Å². The van der Waals surface area contributed by atoms with Crippen LogP contribution in [0, 0.1) is 11.3 Å². The molecule has 0 radical (unpaired) electrons. The lowest BCUT2D eigenvalue weighted by molar-refractivity contribution is -0.116. The summed E-state index contributed by atoms with van der Waals surface area (Å²) in [5.74, 6) is -0.144. The van der Waals surface area contributed by atoms with E-state index in [9.17, 15) is 4.79 Å². The van der Waals surface area contributed by atoms with E-state index in [1.807, 2.05) is 12.3 Å². The van der Waals surface area contributed by atoms with Gasteiger partial charge in [-0.25, -0.2) is 0 Å². The first kappa shape index (κ1) is 12.1. The third kappa shape index (κ3) is 2.53. The second-order valence-corrected chi connectivity index (χ2v) is 4.29. The largest absolute Gasteiger partial charge is 0.298 e. The molecule has 0 aromatic heterocycles. The summed E-state index contributed by atoms with van der Waals surface area (Å²) in [5.41, 5.74) is 1.10. The van der Waals surface area contributed by atoms with Crippen LogP contribution in [0.25, 0.3) is 0 Å². The summed E-state index contributed by atoms with van der Waals surface area (Å²) < 4.78 is 0. The molecule has 0 N–H and O–H groups in total. The highest BCUT2D eigenvalue weighted by molar-refractivity contribution is 7.98. The second-order valence-electron chi connectivity index (χ2n) is 3.01. The maximum Gasteiger partial charge on any atom is 0.152 e. The van der Waals surface area contributed by atoms with Crippen molar-refractivity contribution >= 4 is 29.1 Å². The van der Waals surface area contributed by atoms with Gasteiger partial charge in [0.15, 0.2) is 5.78 Å². The lowest BCUT2D eigenvalue weighted by atomic mass is 10.0. The fourth-order valence-corrected chi connectivity index (χ4v) is 2.25. The Labute approximate surface area is 98.2 Å². The van der Waals surface area contributed by atoms with Crippen LogP contribution in [0.15, 0.2) is 23.1 Å². The van der Waals surface area contributed by atoms with Gasteiger partial charge in [-0.05, 0) is 25.3 Å². The quantitative estimate of drug-likeness (QED) is 0.601. The van der Waals surface area contributed by atoms with E-state index in [0.717, 1.165) is 4.90 Å². The minimum absolute atomic E-state index is 0.144. The van der Waals surface area contributed by atoms with Crippen LogP contribution in [0.5, 0.6) is 0 Å². The molecule has 78 valence electrons. The van der Waals surface area contributed by atoms with Gasteiger partial charge in [0.05, 0.1) is 11.6 Å². The first-order valence-corrected chi connectivity index (χ1v) is 5.99. The predicted molar refractivity (Wildman–Crippen MR) is 62.2 cm³/mol. The molecule has 4 heteroatoms. The molecule has 1 unspecified atom stereocenters. The number of halogens is 1. The predicted octanol–water partition coefficient (Wildman–Crippen LogP) is 3.15. The van der Waals surface area contributed by atoms with Crippen LogP contribution in [-0.4, -0.2) is 12.0 Å². The maximum absolute atomic E-state index is 11.2. The average Bonchev–Trinajstić information content (AvgIpc) is 2.26. The third-order valence-corrected chi connectivity index (χ3v) is 3.34. The zero-order valence-corrected chi connectivity index (χ0v) is 10.0. The van der Waals surface area contributed by atoms with Crippen molar-refractivity contribution < 1.29 is 4.79 Å². The number of carbonyl (C=O) groups is 1. The highest BCUT2D eigenvalue weighted by Crippen LogP contribution is 2.33. The highest BCUT2D eigenvalue weighted by atomic mass is 35.5. The van der Waals surface area contributed by atoms with Crippen LogP contribution in [0.1, 0.15) is 23.4 Å². The van der Waals surface area contributed by atoms with E-state index in [0.29, 0.717) is 11.1 Å². The lowest BCUT2D eigenvalue weighted by Crippen LogP contribution is -2.05. The van der Waals surface area contributed by atoms with Crippen LogP contribution in [-0.2, 0) is 4.79 Å². The number of hydrogen-bond donors (Lipinski definition) is 0. The Hall–Kier alpha value is -0.980. The van der Waals surface area contributed by atoms with E-state index in [-0.39, 0.29) is 5.78 Å². The molecule has 0 spiro atoms. The summed E-state index contributed by atoms with van der Waals surface area (Å²) in [5, 5.41) is 8.21. The van der Waals surface area contributed by atoms with Gasteiger partial charge in [0.25, 0.3) is 0 Å². The summed E-state index contributed by atoms with van der Waals surface area (Å²) in [7, 11) is 0. The highest BCUT2D eigenvalue weighted by Gasteiger charge is 2.20. The Morgan fingerprint density at radius 2 is 2.27 bits per heavy atom. The Morgan fingerprint density at radius 1 is 1.60 bits per heavy atom. The fraction of sp³-hybridized carbons (Fsp3) is 0.273. The summed E-state index contributed by atoms with van der Waals surface area (Å²) in [6.45, 7) is 1.43. The number of Topliss-reactive ketones (excluding diaryl/α,β-unsaturated/α-hetero) is 1. The molecular formula is C11H10ClNOS. The van der Waals surface area contributed by atoms with Crippen LogP contribution < -0.4 is 0 Å². The van der Waals surface area contributed by atoms with E-state index >= 15 is 0 Å².